The van der Waals surface area contributed by atoms with Crippen LogP contribution in [0.4, 0.5) is 0 Å². The lowest BCUT2D eigenvalue weighted by Gasteiger charge is -2.19. The fourth-order valence-electron chi connectivity index (χ4n) is 4.54. The van der Waals surface area contributed by atoms with E-state index in [-0.39, 0.29) is 0 Å². The first kappa shape index (κ1) is 17.9. The number of pyridine rings is 1. The fourth-order valence-corrected chi connectivity index (χ4v) is 4.54. The fraction of sp³-hybridized carbons (Fsp3) is 0.435. The Kier molecular flexibility index (Phi) is 5.33. The van der Waals surface area contributed by atoms with Gasteiger partial charge in [0.05, 0.1) is 6.54 Å². The molecule has 1 aliphatic heterocycles. The van der Waals surface area contributed by atoms with E-state index in [1.807, 2.05) is 6.20 Å². The largest absolute Gasteiger partial charge is 0.370 e. The summed E-state index contributed by atoms with van der Waals surface area (Å²) >= 11 is 0. The summed E-state index contributed by atoms with van der Waals surface area (Å²) in [6.07, 6.45) is 6.54. The van der Waals surface area contributed by atoms with Crippen molar-refractivity contribution in [2.24, 2.45) is 10.9 Å². The number of benzene rings is 1. The summed E-state index contributed by atoms with van der Waals surface area (Å²) < 4.78 is 0. The van der Waals surface area contributed by atoms with Gasteiger partial charge in [0, 0.05) is 36.8 Å². The van der Waals surface area contributed by atoms with Gasteiger partial charge in [-0.2, -0.15) is 0 Å². The van der Waals surface area contributed by atoms with Crippen LogP contribution in [-0.4, -0.2) is 23.1 Å². The molecule has 0 spiro atoms. The molecule has 4 nitrogen and oxygen atoms in total. The third-order valence-electron chi connectivity index (χ3n) is 5.81. The molecule has 2 unspecified atom stereocenters. The van der Waals surface area contributed by atoms with E-state index < -0.39 is 0 Å². The number of carbonyl (C=O) groups is 1. The molecule has 1 aromatic heterocycles. The zero-order chi connectivity index (χ0) is 18.6. The number of aromatic nitrogens is 1. The van der Waals surface area contributed by atoms with Crippen molar-refractivity contribution >= 4 is 11.6 Å². The second-order valence-electron chi connectivity index (χ2n) is 7.66. The molecule has 1 N–H and O–H groups in total. The maximum Gasteiger partial charge on any atom is 0.139 e. The Hall–Kier alpha value is -2.49. The molecule has 0 amide bonds. The first-order valence-electron chi connectivity index (χ1n) is 10.1. The zero-order valence-electron chi connectivity index (χ0n) is 15.9. The Morgan fingerprint density at radius 3 is 2.89 bits per heavy atom. The van der Waals surface area contributed by atoms with E-state index in [9.17, 15) is 4.79 Å². The molecule has 27 heavy (non-hydrogen) atoms. The van der Waals surface area contributed by atoms with E-state index in [1.165, 1.54) is 24.0 Å². The van der Waals surface area contributed by atoms with Gasteiger partial charge < -0.3 is 5.32 Å². The van der Waals surface area contributed by atoms with E-state index >= 15 is 0 Å². The first-order valence-corrected chi connectivity index (χ1v) is 10.1. The van der Waals surface area contributed by atoms with Crippen LogP contribution < -0.4 is 5.32 Å². The van der Waals surface area contributed by atoms with Crippen LogP contribution in [-0.2, 0) is 17.8 Å². The van der Waals surface area contributed by atoms with Crippen molar-refractivity contribution in [1.82, 2.24) is 10.3 Å². The van der Waals surface area contributed by atoms with Crippen LogP contribution in [0.15, 0.2) is 47.6 Å². The lowest BCUT2D eigenvalue weighted by atomic mass is 9.85. The number of nitrogens with one attached hydrogen (secondary N) is 1. The van der Waals surface area contributed by atoms with E-state index in [0.717, 1.165) is 30.1 Å². The van der Waals surface area contributed by atoms with E-state index in [2.05, 4.69) is 58.6 Å². The lowest BCUT2D eigenvalue weighted by Crippen LogP contribution is -2.22. The lowest BCUT2D eigenvalue weighted by molar-refractivity contribution is -0.119. The highest BCUT2D eigenvalue weighted by Crippen LogP contribution is 2.41. The highest BCUT2D eigenvalue weighted by Gasteiger charge is 2.30. The highest BCUT2D eigenvalue weighted by atomic mass is 16.1. The average molecular weight is 361 g/mol. The van der Waals surface area contributed by atoms with Gasteiger partial charge in [-0.3, -0.25) is 14.8 Å². The van der Waals surface area contributed by atoms with E-state index in [4.69, 9.17) is 0 Å². The summed E-state index contributed by atoms with van der Waals surface area (Å²) in [5.74, 6) is 2.23. The molecule has 2 atom stereocenters. The van der Waals surface area contributed by atoms with Crippen LogP contribution in [0.5, 0.6) is 0 Å². The topological polar surface area (TPSA) is 54.4 Å². The summed E-state index contributed by atoms with van der Waals surface area (Å²) in [7, 11) is 0. The molecular formula is C23H27N3O. The van der Waals surface area contributed by atoms with Gasteiger partial charge >= 0.3 is 0 Å². The van der Waals surface area contributed by atoms with Gasteiger partial charge in [0.2, 0.25) is 0 Å². The predicted molar refractivity (Wildman–Crippen MR) is 108 cm³/mol. The van der Waals surface area contributed by atoms with E-state index in [1.54, 1.807) is 0 Å². The Bertz CT molecular complexity index is 844. The van der Waals surface area contributed by atoms with Crippen molar-refractivity contribution in [3.05, 3.63) is 65.0 Å². The van der Waals surface area contributed by atoms with Crippen molar-refractivity contribution in [2.45, 2.75) is 51.5 Å². The van der Waals surface area contributed by atoms with Crippen LogP contribution in [0.1, 0.15) is 60.9 Å². The third kappa shape index (κ3) is 3.95. The molecule has 4 rings (SSSR count). The van der Waals surface area contributed by atoms with Gasteiger partial charge in [-0.05, 0) is 48.8 Å². The average Bonchev–Trinajstić information content (AvgIpc) is 3.30. The second kappa shape index (κ2) is 8.03. The number of nitrogens with zero attached hydrogens (tertiary/aromatic N) is 2. The molecular weight excluding hydrogens is 334 g/mol. The Balaban J connectivity index is 1.39. The number of fused-ring (bicyclic) bond motifs is 1. The van der Waals surface area contributed by atoms with Gasteiger partial charge in [-0.1, -0.05) is 36.8 Å². The number of hydrogen-bond donors (Lipinski definition) is 1. The molecule has 1 saturated carbocycles. The number of carbonyl (C=O) groups excluding carboxylic acids is 1. The highest BCUT2D eigenvalue weighted by molar-refractivity contribution is 6.01. The minimum Gasteiger partial charge on any atom is -0.370 e. The summed E-state index contributed by atoms with van der Waals surface area (Å²) in [5.41, 5.74) is 4.51. The standard InChI is InChI=1S/C23H27N3O/c1-2-24-23-22-15-25-19(11-18(22)14-26-23)13-20(27)12-17-9-6-10-21(17)16-7-4-3-5-8-16/h3-5,7-8,11,15,17,21H,2,6,9-10,12-14H2,1H3,(H,24,26). The zero-order valence-corrected chi connectivity index (χ0v) is 15.9. The van der Waals surface area contributed by atoms with Crippen molar-refractivity contribution < 1.29 is 4.79 Å². The molecule has 0 radical (unpaired) electrons. The molecule has 2 aromatic rings. The molecule has 0 bridgehead atoms. The number of ketones is 1. The third-order valence-corrected chi connectivity index (χ3v) is 5.81. The van der Waals surface area contributed by atoms with Crippen molar-refractivity contribution in [2.75, 3.05) is 6.54 Å². The summed E-state index contributed by atoms with van der Waals surface area (Å²) in [6, 6.07) is 12.7. The van der Waals surface area contributed by atoms with Crippen LogP contribution in [0.2, 0.25) is 0 Å². The van der Waals surface area contributed by atoms with Crippen molar-refractivity contribution in [3.8, 4) is 0 Å². The minimum absolute atomic E-state index is 0.307. The van der Waals surface area contributed by atoms with Gasteiger partial charge in [0.15, 0.2) is 0 Å². The summed E-state index contributed by atoms with van der Waals surface area (Å²) in [5, 5.41) is 3.27. The van der Waals surface area contributed by atoms with Gasteiger partial charge in [0.25, 0.3) is 0 Å². The monoisotopic (exact) mass is 361 g/mol. The molecule has 1 aromatic carbocycles. The molecule has 1 fully saturated rings. The van der Waals surface area contributed by atoms with Crippen LogP contribution in [0, 0.1) is 5.92 Å². The SMILES string of the molecule is CCNC1=NCc2cc(CC(=O)CC3CCCC3c3ccccc3)ncc21. The Labute approximate surface area is 161 Å². The first-order chi connectivity index (χ1) is 13.2. The van der Waals surface area contributed by atoms with Gasteiger partial charge in [-0.25, -0.2) is 0 Å². The van der Waals surface area contributed by atoms with Crippen LogP contribution in [0.3, 0.4) is 0 Å². The Morgan fingerprint density at radius 2 is 2.07 bits per heavy atom. The van der Waals surface area contributed by atoms with Crippen molar-refractivity contribution in [3.63, 3.8) is 0 Å². The molecule has 0 saturated heterocycles. The van der Waals surface area contributed by atoms with Crippen molar-refractivity contribution in [1.29, 1.82) is 0 Å². The number of Topliss-reactive ketones (excluding diaryl/α,β-unsaturated/α-hetero) is 1. The quantitative estimate of drug-likeness (QED) is 0.845. The molecule has 2 heterocycles. The van der Waals surface area contributed by atoms with Crippen LogP contribution in [0.25, 0.3) is 0 Å². The van der Waals surface area contributed by atoms with Crippen LogP contribution >= 0.6 is 0 Å². The maximum absolute atomic E-state index is 12.7. The Morgan fingerprint density at radius 1 is 1.22 bits per heavy atom. The summed E-state index contributed by atoms with van der Waals surface area (Å²) in [6.45, 7) is 3.59. The normalized spacial score (nSPS) is 21.0. The second-order valence-corrected chi connectivity index (χ2v) is 7.66. The smallest absolute Gasteiger partial charge is 0.139 e. The summed E-state index contributed by atoms with van der Waals surface area (Å²) in [4.78, 5) is 21.8. The molecule has 1 aliphatic carbocycles. The number of aliphatic imine (C=N–C) groups is 1. The van der Waals surface area contributed by atoms with Gasteiger partial charge in [-0.15, -0.1) is 0 Å². The maximum atomic E-state index is 12.7. The predicted octanol–water partition coefficient (Wildman–Crippen LogP) is 4.04. The number of amidine groups is 1. The molecule has 140 valence electrons. The van der Waals surface area contributed by atoms with E-state index in [0.29, 0.717) is 37.0 Å². The minimum atomic E-state index is 0.307. The van der Waals surface area contributed by atoms with Gasteiger partial charge in [0.1, 0.15) is 11.6 Å². The molecule has 2 aliphatic rings. The number of hydrogen-bond acceptors (Lipinski definition) is 4. The molecule has 4 heteroatoms. The number of rotatable bonds is 6.